The number of amides is 1. The number of nitrogens with zero attached hydrogens (tertiary/aromatic N) is 1. The van der Waals surface area contributed by atoms with Crippen LogP contribution in [0.3, 0.4) is 0 Å². The van der Waals surface area contributed by atoms with Crippen LogP contribution in [0.15, 0.2) is 82.4 Å². The van der Waals surface area contributed by atoms with E-state index in [2.05, 4.69) is 20.9 Å². The van der Waals surface area contributed by atoms with Gasteiger partial charge in [-0.25, -0.2) is 0 Å². The van der Waals surface area contributed by atoms with Gasteiger partial charge in [0.1, 0.15) is 18.1 Å². The van der Waals surface area contributed by atoms with Gasteiger partial charge in [-0.05, 0) is 42.0 Å². The van der Waals surface area contributed by atoms with E-state index in [0.717, 1.165) is 11.3 Å². The molecule has 8 heteroatoms. The molecule has 0 aliphatic heterocycles. The number of nitrogens with one attached hydrogen (secondary N) is 3. The molecule has 0 fully saturated rings. The third kappa shape index (κ3) is 8.33. The van der Waals surface area contributed by atoms with Gasteiger partial charge in [-0.15, -0.1) is 24.0 Å². The van der Waals surface area contributed by atoms with Crippen molar-refractivity contribution in [1.29, 1.82) is 0 Å². The Morgan fingerprint density at radius 1 is 0.968 bits per heavy atom. The minimum atomic E-state index is -0.145. The predicted octanol–water partition coefficient (Wildman–Crippen LogP) is 3.57. The predicted molar refractivity (Wildman–Crippen MR) is 132 cm³/mol. The van der Waals surface area contributed by atoms with E-state index < -0.39 is 0 Å². The topological polar surface area (TPSA) is 87.9 Å². The van der Waals surface area contributed by atoms with Gasteiger partial charge < -0.3 is 25.1 Å². The summed E-state index contributed by atoms with van der Waals surface area (Å²) in [4.78, 5) is 16.6. The SMILES string of the molecule is CN=C(NCCOc1ccccc1)NCc1cccc(C(=O)NCc2ccco2)c1.I. The van der Waals surface area contributed by atoms with Crippen molar-refractivity contribution in [2.45, 2.75) is 13.1 Å². The van der Waals surface area contributed by atoms with Gasteiger partial charge in [0.25, 0.3) is 5.91 Å². The van der Waals surface area contributed by atoms with Crippen molar-refractivity contribution in [3.05, 3.63) is 89.9 Å². The smallest absolute Gasteiger partial charge is 0.251 e. The van der Waals surface area contributed by atoms with E-state index in [1.165, 1.54) is 0 Å². The van der Waals surface area contributed by atoms with E-state index in [1.54, 1.807) is 25.4 Å². The van der Waals surface area contributed by atoms with Crippen molar-refractivity contribution < 1.29 is 13.9 Å². The first-order valence-electron chi connectivity index (χ1n) is 9.76. The lowest BCUT2D eigenvalue weighted by Gasteiger charge is -2.13. The van der Waals surface area contributed by atoms with Crippen molar-refractivity contribution in [2.24, 2.45) is 4.99 Å². The molecule has 0 saturated heterocycles. The Morgan fingerprint density at radius 3 is 2.55 bits per heavy atom. The summed E-state index contributed by atoms with van der Waals surface area (Å²) >= 11 is 0. The van der Waals surface area contributed by atoms with Gasteiger partial charge in [0.2, 0.25) is 0 Å². The number of aliphatic imine (C=N–C) groups is 1. The Labute approximate surface area is 199 Å². The minimum absolute atomic E-state index is 0. The molecule has 0 aliphatic rings. The molecule has 0 unspecified atom stereocenters. The Balaban J connectivity index is 0.00000341. The number of hydrogen-bond donors (Lipinski definition) is 3. The number of ether oxygens (including phenoxy) is 1. The normalized spacial score (nSPS) is 10.7. The van der Waals surface area contributed by atoms with Gasteiger partial charge >= 0.3 is 0 Å². The van der Waals surface area contributed by atoms with Crippen LogP contribution in [-0.2, 0) is 13.1 Å². The molecule has 1 aromatic heterocycles. The quantitative estimate of drug-likeness (QED) is 0.169. The molecule has 3 aromatic rings. The van der Waals surface area contributed by atoms with Gasteiger partial charge in [0, 0.05) is 19.2 Å². The van der Waals surface area contributed by atoms with Crippen LogP contribution >= 0.6 is 24.0 Å². The molecule has 1 heterocycles. The summed E-state index contributed by atoms with van der Waals surface area (Å²) in [5.41, 5.74) is 1.57. The standard InChI is InChI=1S/C23H26N4O3.HI/c1-24-23(25-12-14-30-20-9-3-2-4-10-20)27-16-18-7-5-8-19(15-18)22(28)26-17-21-11-6-13-29-21;/h2-11,13,15H,12,14,16-17H2,1H3,(H,26,28)(H2,24,25,27);1H. The van der Waals surface area contributed by atoms with Crippen LogP contribution < -0.4 is 20.7 Å². The summed E-state index contributed by atoms with van der Waals surface area (Å²) in [7, 11) is 1.71. The lowest BCUT2D eigenvalue weighted by atomic mass is 10.1. The van der Waals surface area contributed by atoms with Crippen molar-refractivity contribution in [1.82, 2.24) is 16.0 Å². The van der Waals surface area contributed by atoms with Crippen molar-refractivity contribution >= 4 is 35.8 Å². The van der Waals surface area contributed by atoms with E-state index in [0.29, 0.717) is 43.5 Å². The van der Waals surface area contributed by atoms with Gasteiger partial charge in [-0.1, -0.05) is 30.3 Å². The Hall–Kier alpha value is -3.01. The summed E-state index contributed by atoms with van der Waals surface area (Å²) in [5, 5.41) is 9.30. The minimum Gasteiger partial charge on any atom is -0.492 e. The number of hydrogen-bond acceptors (Lipinski definition) is 4. The van der Waals surface area contributed by atoms with E-state index in [4.69, 9.17) is 9.15 Å². The van der Waals surface area contributed by atoms with E-state index >= 15 is 0 Å². The first-order valence-corrected chi connectivity index (χ1v) is 9.76. The van der Waals surface area contributed by atoms with E-state index in [9.17, 15) is 4.79 Å². The Morgan fingerprint density at radius 2 is 1.81 bits per heavy atom. The van der Waals surface area contributed by atoms with Crippen molar-refractivity contribution in [3.63, 3.8) is 0 Å². The highest BCUT2D eigenvalue weighted by Crippen LogP contribution is 2.08. The lowest BCUT2D eigenvalue weighted by Crippen LogP contribution is -2.38. The molecule has 0 spiro atoms. The molecule has 0 aliphatic carbocycles. The van der Waals surface area contributed by atoms with Crippen LogP contribution in [0.4, 0.5) is 0 Å². The number of para-hydroxylation sites is 1. The van der Waals surface area contributed by atoms with Crippen molar-refractivity contribution in [3.8, 4) is 5.75 Å². The van der Waals surface area contributed by atoms with Crippen LogP contribution in [0.2, 0.25) is 0 Å². The number of halogens is 1. The Bertz CT molecular complexity index is 946. The zero-order valence-electron chi connectivity index (χ0n) is 17.3. The summed E-state index contributed by atoms with van der Waals surface area (Å²) in [6.45, 7) is 2.04. The molecule has 31 heavy (non-hydrogen) atoms. The van der Waals surface area contributed by atoms with Crippen LogP contribution in [0.1, 0.15) is 21.7 Å². The number of furan rings is 1. The molecule has 2 aromatic carbocycles. The highest BCUT2D eigenvalue weighted by Gasteiger charge is 2.07. The van der Waals surface area contributed by atoms with Gasteiger partial charge in [-0.3, -0.25) is 9.79 Å². The average Bonchev–Trinajstić information content (AvgIpc) is 3.31. The van der Waals surface area contributed by atoms with Crippen LogP contribution in [-0.4, -0.2) is 32.1 Å². The molecule has 3 N–H and O–H groups in total. The monoisotopic (exact) mass is 534 g/mol. The molecule has 0 radical (unpaired) electrons. The zero-order valence-corrected chi connectivity index (χ0v) is 19.7. The highest BCUT2D eigenvalue weighted by atomic mass is 127. The maximum absolute atomic E-state index is 12.4. The highest BCUT2D eigenvalue weighted by molar-refractivity contribution is 14.0. The number of carbonyl (C=O) groups is 1. The van der Waals surface area contributed by atoms with Gasteiger partial charge in [-0.2, -0.15) is 0 Å². The number of benzene rings is 2. The van der Waals surface area contributed by atoms with Crippen LogP contribution in [0.5, 0.6) is 5.75 Å². The molecule has 0 atom stereocenters. The first-order chi connectivity index (χ1) is 14.7. The summed E-state index contributed by atoms with van der Waals surface area (Å²) in [6.07, 6.45) is 1.59. The molecule has 3 rings (SSSR count). The molecule has 164 valence electrons. The van der Waals surface area contributed by atoms with Gasteiger partial charge in [0.15, 0.2) is 5.96 Å². The number of rotatable bonds is 9. The summed E-state index contributed by atoms with van der Waals surface area (Å²) in [6, 6.07) is 20.8. The number of carbonyl (C=O) groups excluding carboxylic acids is 1. The third-order valence-corrected chi connectivity index (χ3v) is 4.28. The second-order valence-electron chi connectivity index (χ2n) is 6.48. The molecule has 1 amide bonds. The summed E-state index contributed by atoms with van der Waals surface area (Å²) < 4.78 is 10.9. The van der Waals surface area contributed by atoms with Crippen LogP contribution in [0, 0.1) is 0 Å². The fraction of sp³-hybridized carbons (Fsp3) is 0.217. The molecular weight excluding hydrogens is 507 g/mol. The summed E-state index contributed by atoms with van der Waals surface area (Å²) in [5.74, 6) is 2.07. The second kappa shape index (κ2) is 13.3. The third-order valence-electron chi connectivity index (χ3n) is 4.28. The second-order valence-corrected chi connectivity index (χ2v) is 6.48. The zero-order chi connectivity index (χ0) is 21.0. The number of guanidine groups is 1. The maximum atomic E-state index is 12.4. The van der Waals surface area contributed by atoms with E-state index in [-0.39, 0.29) is 29.9 Å². The van der Waals surface area contributed by atoms with Crippen LogP contribution in [0.25, 0.3) is 0 Å². The fourth-order valence-corrected chi connectivity index (χ4v) is 2.77. The molecule has 7 nitrogen and oxygen atoms in total. The largest absolute Gasteiger partial charge is 0.492 e. The molecule has 0 saturated carbocycles. The maximum Gasteiger partial charge on any atom is 0.251 e. The van der Waals surface area contributed by atoms with Crippen molar-refractivity contribution in [2.75, 3.05) is 20.2 Å². The lowest BCUT2D eigenvalue weighted by molar-refractivity contribution is 0.0948. The Kier molecular flexibility index (Phi) is 10.4. The van der Waals surface area contributed by atoms with Gasteiger partial charge in [0.05, 0.1) is 19.4 Å². The fourth-order valence-electron chi connectivity index (χ4n) is 2.77. The average molecular weight is 534 g/mol. The molecule has 0 bridgehead atoms. The first kappa shape index (κ1) is 24.3. The molecular formula is C23H27IN4O3. The van der Waals surface area contributed by atoms with E-state index in [1.807, 2.05) is 54.6 Å².